The first-order valence-electron chi connectivity index (χ1n) is 5.72. The Morgan fingerprint density at radius 1 is 1.44 bits per heavy atom. The molecular formula is C12H14BrFN4. The number of nitrogens with zero attached hydrogens (tertiary/aromatic N) is 3. The van der Waals surface area contributed by atoms with Gasteiger partial charge in [-0.3, -0.25) is 0 Å². The molecule has 0 saturated carbocycles. The van der Waals surface area contributed by atoms with Crippen molar-refractivity contribution in [2.75, 3.05) is 6.54 Å². The summed E-state index contributed by atoms with van der Waals surface area (Å²) < 4.78 is 16.1. The van der Waals surface area contributed by atoms with Gasteiger partial charge in [0.2, 0.25) is 0 Å². The summed E-state index contributed by atoms with van der Waals surface area (Å²) in [4.78, 5) is 4.16. The van der Waals surface area contributed by atoms with Crippen LogP contribution in [0.4, 0.5) is 4.39 Å². The molecule has 1 aromatic carbocycles. The fourth-order valence-electron chi connectivity index (χ4n) is 1.57. The third-order valence-electron chi connectivity index (χ3n) is 2.46. The molecule has 0 spiro atoms. The van der Waals surface area contributed by atoms with Gasteiger partial charge in [-0.2, -0.15) is 5.10 Å². The van der Waals surface area contributed by atoms with Crippen LogP contribution in [0.5, 0.6) is 0 Å². The molecule has 18 heavy (non-hydrogen) atoms. The molecule has 0 fully saturated rings. The minimum atomic E-state index is -0.234. The summed E-state index contributed by atoms with van der Waals surface area (Å²) in [6, 6.07) is 4.87. The number of halogens is 2. The van der Waals surface area contributed by atoms with Gasteiger partial charge in [0.25, 0.3) is 0 Å². The predicted molar refractivity (Wildman–Crippen MR) is 70.6 cm³/mol. The van der Waals surface area contributed by atoms with E-state index >= 15 is 0 Å². The van der Waals surface area contributed by atoms with Crippen LogP contribution in [-0.4, -0.2) is 21.3 Å². The van der Waals surface area contributed by atoms with Crippen molar-refractivity contribution in [3.8, 4) is 0 Å². The summed E-state index contributed by atoms with van der Waals surface area (Å²) in [5, 5.41) is 7.42. The van der Waals surface area contributed by atoms with Crippen LogP contribution in [-0.2, 0) is 13.1 Å². The number of nitrogens with one attached hydrogen (secondary N) is 1. The van der Waals surface area contributed by atoms with Gasteiger partial charge < -0.3 is 5.32 Å². The monoisotopic (exact) mass is 312 g/mol. The summed E-state index contributed by atoms with van der Waals surface area (Å²) in [7, 11) is 0. The molecule has 0 aliphatic heterocycles. The van der Waals surface area contributed by atoms with Crippen LogP contribution in [0.15, 0.2) is 29.0 Å². The molecule has 1 aromatic heterocycles. The third-order valence-corrected chi connectivity index (χ3v) is 2.95. The molecule has 0 saturated heterocycles. The second-order valence-corrected chi connectivity index (χ2v) is 4.79. The average molecular weight is 313 g/mol. The SMILES string of the molecule is CCNCc1ncn(Cc2cc(Br)ccc2F)n1. The van der Waals surface area contributed by atoms with E-state index in [2.05, 4.69) is 31.3 Å². The quantitative estimate of drug-likeness (QED) is 0.921. The van der Waals surface area contributed by atoms with Crippen LogP contribution in [0.3, 0.4) is 0 Å². The Hall–Kier alpha value is -1.27. The van der Waals surface area contributed by atoms with E-state index in [-0.39, 0.29) is 5.82 Å². The average Bonchev–Trinajstić information content (AvgIpc) is 2.79. The molecule has 0 bridgehead atoms. The van der Waals surface area contributed by atoms with Crippen LogP contribution >= 0.6 is 15.9 Å². The van der Waals surface area contributed by atoms with Gasteiger partial charge in [0, 0.05) is 10.0 Å². The number of rotatable bonds is 5. The van der Waals surface area contributed by atoms with Crippen LogP contribution in [0.2, 0.25) is 0 Å². The highest BCUT2D eigenvalue weighted by molar-refractivity contribution is 9.10. The lowest BCUT2D eigenvalue weighted by Gasteiger charge is -2.03. The highest BCUT2D eigenvalue weighted by Crippen LogP contribution is 2.16. The van der Waals surface area contributed by atoms with Gasteiger partial charge in [0.15, 0.2) is 5.82 Å². The Morgan fingerprint density at radius 3 is 3.06 bits per heavy atom. The van der Waals surface area contributed by atoms with Gasteiger partial charge in [-0.15, -0.1) is 0 Å². The maximum Gasteiger partial charge on any atom is 0.164 e. The van der Waals surface area contributed by atoms with E-state index in [9.17, 15) is 4.39 Å². The number of benzene rings is 1. The maximum absolute atomic E-state index is 13.6. The van der Waals surface area contributed by atoms with E-state index in [0.717, 1.165) is 11.0 Å². The zero-order valence-electron chi connectivity index (χ0n) is 10.0. The van der Waals surface area contributed by atoms with Crippen molar-refractivity contribution in [2.45, 2.75) is 20.0 Å². The lowest BCUT2D eigenvalue weighted by Crippen LogP contribution is -2.13. The second kappa shape index (κ2) is 6.06. The first-order valence-corrected chi connectivity index (χ1v) is 6.51. The zero-order valence-corrected chi connectivity index (χ0v) is 11.6. The molecule has 0 aliphatic carbocycles. The molecule has 0 atom stereocenters. The van der Waals surface area contributed by atoms with E-state index in [1.165, 1.54) is 6.07 Å². The molecular weight excluding hydrogens is 299 g/mol. The molecule has 1 heterocycles. The van der Waals surface area contributed by atoms with E-state index in [4.69, 9.17) is 0 Å². The van der Waals surface area contributed by atoms with Crippen LogP contribution in [0.1, 0.15) is 18.3 Å². The summed E-state index contributed by atoms with van der Waals surface area (Å²) in [5.74, 6) is 0.481. The van der Waals surface area contributed by atoms with Crippen molar-refractivity contribution in [1.82, 2.24) is 20.1 Å². The molecule has 96 valence electrons. The van der Waals surface area contributed by atoms with Gasteiger partial charge >= 0.3 is 0 Å². The third kappa shape index (κ3) is 3.36. The standard InChI is InChI=1S/C12H14BrFN4/c1-2-15-6-12-16-8-18(17-12)7-9-5-10(13)3-4-11(9)14/h3-5,8,15H,2,6-7H2,1H3. The number of hydrogen-bond donors (Lipinski definition) is 1. The van der Waals surface area contributed by atoms with Crippen LogP contribution in [0, 0.1) is 5.82 Å². The molecule has 1 N–H and O–H groups in total. The zero-order chi connectivity index (χ0) is 13.0. The fourth-order valence-corrected chi connectivity index (χ4v) is 1.97. The molecule has 4 nitrogen and oxygen atoms in total. The van der Waals surface area contributed by atoms with Crippen molar-refractivity contribution in [2.24, 2.45) is 0 Å². The maximum atomic E-state index is 13.6. The normalized spacial score (nSPS) is 10.8. The lowest BCUT2D eigenvalue weighted by atomic mass is 10.2. The van der Waals surface area contributed by atoms with Crippen molar-refractivity contribution >= 4 is 15.9 Å². The molecule has 6 heteroatoms. The number of aromatic nitrogens is 3. The summed E-state index contributed by atoms with van der Waals surface area (Å²) in [6.45, 7) is 3.90. The molecule has 2 rings (SSSR count). The molecule has 0 amide bonds. The Labute approximate surface area is 113 Å². The fraction of sp³-hybridized carbons (Fsp3) is 0.333. The van der Waals surface area contributed by atoms with E-state index in [1.54, 1.807) is 23.1 Å². The van der Waals surface area contributed by atoms with Gasteiger partial charge in [-0.1, -0.05) is 22.9 Å². The Morgan fingerprint density at radius 2 is 2.28 bits per heavy atom. The first kappa shape index (κ1) is 13.2. The van der Waals surface area contributed by atoms with Crippen molar-refractivity contribution < 1.29 is 4.39 Å². The topological polar surface area (TPSA) is 42.7 Å². The largest absolute Gasteiger partial charge is 0.310 e. The van der Waals surface area contributed by atoms with E-state index in [0.29, 0.717) is 24.5 Å². The Balaban J connectivity index is 2.08. The van der Waals surface area contributed by atoms with Crippen molar-refractivity contribution in [3.05, 3.63) is 46.2 Å². The van der Waals surface area contributed by atoms with E-state index < -0.39 is 0 Å². The highest BCUT2D eigenvalue weighted by Gasteiger charge is 2.06. The summed E-state index contributed by atoms with van der Waals surface area (Å²) in [5.41, 5.74) is 0.587. The second-order valence-electron chi connectivity index (χ2n) is 3.87. The number of hydrogen-bond acceptors (Lipinski definition) is 3. The van der Waals surface area contributed by atoms with Crippen LogP contribution in [0.25, 0.3) is 0 Å². The summed E-state index contributed by atoms with van der Waals surface area (Å²) in [6.07, 6.45) is 1.62. The van der Waals surface area contributed by atoms with Crippen molar-refractivity contribution in [3.63, 3.8) is 0 Å². The predicted octanol–water partition coefficient (Wildman–Crippen LogP) is 2.34. The molecule has 2 aromatic rings. The molecule has 0 radical (unpaired) electrons. The van der Waals surface area contributed by atoms with Crippen LogP contribution < -0.4 is 5.32 Å². The molecule has 0 unspecified atom stereocenters. The minimum Gasteiger partial charge on any atom is -0.310 e. The smallest absolute Gasteiger partial charge is 0.164 e. The Kier molecular flexibility index (Phi) is 4.43. The Bertz CT molecular complexity index is 527. The minimum absolute atomic E-state index is 0.234. The van der Waals surface area contributed by atoms with Gasteiger partial charge in [0.05, 0.1) is 13.1 Å². The van der Waals surface area contributed by atoms with Crippen molar-refractivity contribution in [1.29, 1.82) is 0 Å². The lowest BCUT2D eigenvalue weighted by molar-refractivity contribution is 0.579. The first-order chi connectivity index (χ1) is 8.69. The highest BCUT2D eigenvalue weighted by atomic mass is 79.9. The van der Waals surface area contributed by atoms with E-state index in [1.807, 2.05) is 6.92 Å². The molecule has 0 aliphatic rings. The summed E-state index contributed by atoms with van der Waals surface area (Å²) >= 11 is 3.33. The van der Waals surface area contributed by atoms with Gasteiger partial charge in [0.1, 0.15) is 12.1 Å². The van der Waals surface area contributed by atoms with Gasteiger partial charge in [-0.25, -0.2) is 14.1 Å². The van der Waals surface area contributed by atoms with Gasteiger partial charge in [-0.05, 0) is 24.7 Å².